The van der Waals surface area contributed by atoms with Crippen molar-refractivity contribution >= 4 is 11.9 Å². The Kier molecular flexibility index (Phi) is 47.8. The molecule has 64 heavy (non-hydrogen) atoms. The van der Waals surface area contributed by atoms with E-state index in [9.17, 15) is 19.8 Å². The molecule has 0 saturated carbocycles. The minimum Gasteiger partial charge on any atom is -0.462 e. The zero-order valence-electron chi connectivity index (χ0n) is 41.4. The van der Waals surface area contributed by atoms with Crippen LogP contribution in [0.2, 0.25) is 0 Å². The highest BCUT2D eigenvalue weighted by atomic mass is 16.5. The molecule has 0 aromatic carbocycles. The standard InChI is InChI=1S/C58H97NO5/c1-4-7-10-13-16-19-22-25-26-27-28-29-30-33-36-39-42-45-48-51-58(63)64-54(49-46-43-40-37-34-31-23-20-17-14-11-8-5-2)52-57(62)59-55(53-60)56(61)50-47-44-41-38-35-32-24-21-18-15-12-9-6-3/h7-8,10-11,14,16-17,19-20,23,25-26,28-29,31,33-34,36,54-56,60-61H,4-6,9,12-13,15,18,21-22,24,27,30,32,35,37-53H2,1-3H3,(H,59,62)/b10-7-,11-8+,17-14+,19-16-,23-20+,26-25-,29-28-,34-31-,36-33-. The summed E-state index contributed by atoms with van der Waals surface area (Å²) < 4.78 is 5.90. The Balaban J connectivity index is 4.69. The van der Waals surface area contributed by atoms with Crippen molar-refractivity contribution in [2.45, 2.75) is 238 Å². The van der Waals surface area contributed by atoms with Gasteiger partial charge in [-0.2, -0.15) is 0 Å². The molecule has 0 aliphatic heterocycles. The molecule has 6 heteroatoms. The number of carbonyl (C=O) groups excluding carboxylic acids is 2. The van der Waals surface area contributed by atoms with Crippen LogP contribution in [0.1, 0.15) is 220 Å². The minimum atomic E-state index is -0.811. The highest BCUT2D eigenvalue weighted by molar-refractivity contribution is 5.77. The molecule has 0 aliphatic rings. The van der Waals surface area contributed by atoms with Gasteiger partial charge in [0, 0.05) is 6.42 Å². The number of carbonyl (C=O) groups is 2. The number of esters is 1. The average molecular weight is 888 g/mol. The molecule has 3 atom stereocenters. The fourth-order valence-corrected chi connectivity index (χ4v) is 7.29. The summed E-state index contributed by atoms with van der Waals surface area (Å²) in [4.78, 5) is 26.2. The summed E-state index contributed by atoms with van der Waals surface area (Å²) in [5, 5.41) is 23.8. The summed E-state index contributed by atoms with van der Waals surface area (Å²) in [7, 11) is 0. The summed E-state index contributed by atoms with van der Waals surface area (Å²) in [6.07, 6.45) is 68.6. The Hall–Kier alpha value is -3.48. The van der Waals surface area contributed by atoms with Gasteiger partial charge in [-0.05, 0) is 89.9 Å². The van der Waals surface area contributed by atoms with E-state index < -0.39 is 18.2 Å². The topological polar surface area (TPSA) is 95.9 Å². The first-order valence-electron chi connectivity index (χ1n) is 26.2. The maximum atomic E-state index is 13.2. The normalized spacial score (nSPS) is 14.1. The zero-order chi connectivity index (χ0) is 46.7. The van der Waals surface area contributed by atoms with E-state index in [2.05, 4.69) is 105 Å². The number of hydrogen-bond acceptors (Lipinski definition) is 5. The van der Waals surface area contributed by atoms with Crippen LogP contribution in [0.5, 0.6) is 0 Å². The van der Waals surface area contributed by atoms with Crippen molar-refractivity contribution in [1.82, 2.24) is 5.32 Å². The Morgan fingerprint density at radius 3 is 1.47 bits per heavy atom. The molecule has 3 unspecified atom stereocenters. The molecule has 0 rings (SSSR count). The highest BCUT2D eigenvalue weighted by Gasteiger charge is 2.24. The van der Waals surface area contributed by atoms with Crippen LogP contribution in [0.4, 0.5) is 0 Å². The highest BCUT2D eigenvalue weighted by Crippen LogP contribution is 2.17. The van der Waals surface area contributed by atoms with E-state index in [1.807, 2.05) is 30.4 Å². The first-order chi connectivity index (χ1) is 31.5. The van der Waals surface area contributed by atoms with Crippen LogP contribution < -0.4 is 5.32 Å². The number of hydrogen-bond donors (Lipinski definition) is 3. The lowest BCUT2D eigenvalue weighted by Crippen LogP contribution is -2.46. The van der Waals surface area contributed by atoms with Gasteiger partial charge >= 0.3 is 5.97 Å². The smallest absolute Gasteiger partial charge is 0.306 e. The number of allylic oxidation sites excluding steroid dienone is 18. The molecule has 0 heterocycles. The molecule has 0 spiro atoms. The van der Waals surface area contributed by atoms with Gasteiger partial charge in [-0.1, -0.05) is 226 Å². The molecule has 0 fully saturated rings. The van der Waals surface area contributed by atoms with Crippen molar-refractivity contribution in [1.29, 1.82) is 0 Å². The molecule has 0 aromatic rings. The fraction of sp³-hybridized carbons (Fsp3) is 0.655. The van der Waals surface area contributed by atoms with Gasteiger partial charge in [-0.3, -0.25) is 9.59 Å². The second kappa shape index (κ2) is 50.5. The first kappa shape index (κ1) is 60.5. The maximum Gasteiger partial charge on any atom is 0.306 e. The molecule has 364 valence electrons. The molecule has 0 bridgehead atoms. The number of rotatable bonds is 45. The number of amides is 1. The van der Waals surface area contributed by atoms with E-state index in [0.717, 1.165) is 109 Å². The van der Waals surface area contributed by atoms with Crippen LogP contribution in [-0.2, 0) is 14.3 Å². The van der Waals surface area contributed by atoms with Crippen LogP contribution >= 0.6 is 0 Å². The number of ether oxygens (including phenoxy) is 1. The van der Waals surface area contributed by atoms with Gasteiger partial charge in [0.15, 0.2) is 0 Å². The van der Waals surface area contributed by atoms with Crippen molar-refractivity contribution < 1.29 is 24.5 Å². The third-order valence-electron chi connectivity index (χ3n) is 11.2. The van der Waals surface area contributed by atoms with Crippen molar-refractivity contribution in [2.24, 2.45) is 0 Å². The SMILES string of the molecule is CC/C=C\C/C=C\C/C=C\C/C=C\C/C=C\CCCCCC(=O)OC(CCCCC\C=C/C=C/C=C/C=C/CC)CC(=O)NC(CO)C(O)CCCCCCCCCCCCCCC. The van der Waals surface area contributed by atoms with Crippen LogP contribution in [0, 0.1) is 0 Å². The Morgan fingerprint density at radius 2 is 0.922 bits per heavy atom. The van der Waals surface area contributed by atoms with Gasteiger partial charge in [0.1, 0.15) is 6.10 Å². The van der Waals surface area contributed by atoms with Crippen molar-refractivity contribution in [3.8, 4) is 0 Å². The third-order valence-corrected chi connectivity index (χ3v) is 11.2. The average Bonchev–Trinajstić information content (AvgIpc) is 3.29. The molecule has 0 saturated heterocycles. The molecule has 0 aromatic heterocycles. The largest absolute Gasteiger partial charge is 0.462 e. The fourth-order valence-electron chi connectivity index (χ4n) is 7.29. The van der Waals surface area contributed by atoms with Gasteiger partial charge in [0.2, 0.25) is 5.91 Å². The molecule has 1 amide bonds. The lowest BCUT2D eigenvalue weighted by molar-refractivity contribution is -0.151. The summed E-state index contributed by atoms with van der Waals surface area (Å²) in [6.45, 7) is 6.20. The molecule has 6 nitrogen and oxygen atoms in total. The summed E-state index contributed by atoms with van der Waals surface area (Å²) in [6, 6.07) is -0.728. The molecule has 0 aliphatic carbocycles. The predicted molar refractivity (Wildman–Crippen MR) is 277 cm³/mol. The van der Waals surface area contributed by atoms with Crippen molar-refractivity contribution in [2.75, 3.05) is 6.61 Å². The predicted octanol–water partition coefficient (Wildman–Crippen LogP) is 15.9. The number of aliphatic hydroxyl groups is 2. The third kappa shape index (κ3) is 45.1. The number of unbranched alkanes of at least 4 members (excludes halogenated alkanes) is 18. The molecule has 3 N–H and O–H groups in total. The van der Waals surface area contributed by atoms with Gasteiger partial charge in [0.25, 0.3) is 0 Å². The summed E-state index contributed by atoms with van der Waals surface area (Å²) in [5.41, 5.74) is 0. The number of nitrogens with one attached hydrogen (secondary N) is 1. The van der Waals surface area contributed by atoms with Crippen LogP contribution in [-0.4, -0.2) is 46.9 Å². The molecular weight excluding hydrogens is 791 g/mol. The van der Waals surface area contributed by atoms with Crippen LogP contribution in [0.15, 0.2) is 109 Å². The Labute approximate surface area is 394 Å². The van der Waals surface area contributed by atoms with E-state index in [-0.39, 0.29) is 24.9 Å². The van der Waals surface area contributed by atoms with Crippen molar-refractivity contribution in [3.63, 3.8) is 0 Å². The zero-order valence-corrected chi connectivity index (χ0v) is 41.4. The minimum absolute atomic E-state index is 0.0312. The van der Waals surface area contributed by atoms with Gasteiger partial charge in [0.05, 0.1) is 25.2 Å². The van der Waals surface area contributed by atoms with Gasteiger partial charge < -0.3 is 20.3 Å². The van der Waals surface area contributed by atoms with Gasteiger partial charge in [-0.15, -0.1) is 0 Å². The number of aliphatic hydroxyl groups excluding tert-OH is 2. The monoisotopic (exact) mass is 888 g/mol. The lowest BCUT2D eigenvalue weighted by Gasteiger charge is -2.24. The van der Waals surface area contributed by atoms with Crippen LogP contribution in [0.25, 0.3) is 0 Å². The van der Waals surface area contributed by atoms with E-state index in [4.69, 9.17) is 4.74 Å². The van der Waals surface area contributed by atoms with Gasteiger partial charge in [-0.25, -0.2) is 0 Å². The maximum absolute atomic E-state index is 13.2. The van der Waals surface area contributed by atoms with E-state index >= 15 is 0 Å². The second-order valence-electron chi connectivity index (χ2n) is 17.3. The second-order valence-corrected chi connectivity index (χ2v) is 17.3. The van der Waals surface area contributed by atoms with Crippen LogP contribution in [0.3, 0.4) is 0 Å². The molecular formula is C58H97NO5. The van der Waals surface area contributed by atoms with E-state index in [1.165, 1.54) is 64.2 Å². The van der Waals surface area contributed by atoms with E-state index in [0.29, 0.717) is 19.3 Å². The quantitative estimate of drug-likeness (QED) is 0.0245. The Morgan fingerprint density at radius 1 is 0.484 bits per heavy atom. The summed E-state index contributed by atoms with van der Waals surface area (Å²) >= 11 is 0. The van der Waals surface area contributed by atoms with E-state index in [1.54, 1.807) is 0 Å². The summed E-state index contributed by atoms with van der Waals surface area (Å²) in [5.74, 6) is -0.560. The Bertz CT molecular complexity index is 1320. The first-order valence-corrected chi connectivity index (χ1v) is 26.2. The molecule has 0 radical (unpaired) electrons. The lowest BCUT2D eigenvalue weighted by atomic mass is 10.0. The van der Waals surface area contributed by atoms with Crippen molar-refractivity contribution in [3.05, 3.63) is 109 Å².